The highest BCUT2D eigenvalue weighted by Crippen LogP contribution is 2.23. The minimum atomic E-state index is -0.506. The molecular formula is C18H20N6O2. The van der Waals surface area contributed by atoms with Gasteiger partial charge in [-0.2, -0.15) is 5.26 Å². The summed E-state index contributed by atoms with van der Waals surface area (Å²) in [7, 11) is 3.88. The molecule has 0 unspecified atom stereocenters. The maximum Gasteiger partial charge on any atom is 0.330 e. The number of unbranched alkanes of at least 4 members (excludes halogenated alkanes) is 2. The standard InChI is InChI=1S/C18H20N6O2/c1-11-9-12-13(10-14(11)23(2)3)21-16-15(20-12)17(25)24(18(26)22-16)8-6-4-5-7-19/h9-10H,4-6,8H2,1-3H3,(H,21,22,26). The number of H-pyrrole nitrogens is 1. The topological polar surface area (TPSA) is 108 Å². The van der Waals surface area contributed by atoms with E-state index in [4.69, 9.17) is 5.26 Å². The highest BCUT2D eigenvalue weighted by molar-refractivity contribution is 5.87. The SMILES string of the molecule is Cc1cc2nc3c(=O)n(CCCCC#N)c(=O)[nH]c3nc2cc1N(C)C. The van der Waals surface area contributed by atoms with E-state index in [0.29, 0.717) is 30.3 Å². The summed E-state index contributed by atoms with van der Waals surface area (Å²) in [6, 6.07) is 5.83. The summed E-state index contributed by atoms with van der Waals surface area (Å²) >= 11 is 0. The van der Waals surface area contributed by atoms with Gasteiger partial charge in [-0.1, -0.05) is 0 Å². The third-order valence-electron chi connectivity index (χ3n) is 4.30. The van der Waals surface area contributed by atoms with Gasteiger partial charge in [0.25, 0.3) is 5.56 Å². The number of aryl methyl sites for hydroxylation is 1. The van der Waals surface area contributed by atoms with Gasteiger partial charge < -0.3 is 4.90 Å². The molecule has 134 valence electrons. The van der Waals surface area contributed by atoms with Crippen molar-refractivity contribution < 1.29 is 0 Å². The van der Waals surface area contributed by atoms with Gasteiger partial charge in [0.1, 0.15) is 0 Å². The van der Waals surface area contributed by atoms with Crippen LogP contribution in [0.3, 0.4) is 0 Å². The fourth-order valence-electron chi connectivity index (χ4n) is 2.98. The van der Waals surface area contributed by atoms with Crippen LogP contribution in [0, 0.1) is 18.3 Å². The van der Waals surface area contributed by atoms with E-state index < -0.39 is 11.2 Å². The van der Waals surface area contributed by atoms with Crippen molar-refractivity contribution in [3.8, 4) is 6.07 Å². The van der Waals surface area contributed by atoms with Crippen molar-refractivity contribution in [2.75, 3.05) is 19.0 Å². The first-order valence-electron chi connectivity index (χ1n) is 8.42. The Morgan fingerprint density at radius 2 is 1.92 bits per heavy atom. The molecule has 0 radical (unpaired) electrons. The third-order valence-corrected chi connectivity index (χ3v) is 4.30. The zero-order chi connectivity index (χ0) is 18.8. The van der Waals surface area contributed by atoms with E-state index in [0.717, 1.165) is 15.8 Å². The summed E-state index contributed by atoms with van der Waals surface area (Å²) in [5.74, 6) is 0. The van der Waals surface area contributed by atoms with Crippen LogP contribution in [-0.4, -0.2) is 33.6 Å². The molecule has 0 amide bonds. The average Bonchev–Trinajstić information content (AvgIpc) is 2.59. The maximum absolute atomic E-state index is 12.7. The molecule has 1 N–H and O–H groups in total. The van der Waals surface area contributed by atoms with Crippen molar-refractivity contribution in [3.63, 3.8) is 0 Å². The minimum absolute atomic E-state index is 0.148. The predicted molar refractivity (Wildman–Crippen MR) is 100 cm³/mol. The van der Waals surface area contributed by atoms with Gasteiger partial charge in [0.05, 0.1) is 17.1 Å². The molecule has 0 aliphatic rings. The normalized spacial score (nSPS) is 11.0. The molecule has 0 bridgehead atoms. The van der Waals surface area contributed by atoms with Gasteiger partial charge in [0.15, 0.2) is 11.2 Å². The lowest BCUT2D eigenvalue weighted by molar-refractivity contribution is 0.577. The predicted octanol–water partition coefficient (Wildman–Crippen LogP) is 1.70. The molecule has 0 aliphatic heterocycles. The van der Waals surface area contributed by atoms with Crippen LogP contribution in [0.15, 0.2) is 21.7 Å². The molecular weight excluding hydrogens is 332 g/mol. The Morgan fingerprint density at radius 1 is 1.19 bits per heavy atom. The number of fused-ring (bicyclic) bond motifs is 2. The first kappa shape index (κ1) is 17.6. The molecule has 0 spiro atoms. The number of rotatable bonds is 5. The maximum atomic E-state index is 12.7. The van der Waals surface area contributed by atoms with E-state index in [1.165, 1.54) is 0 Å². The van der Waals surface area contributed by atoms with E-state index in [9.17, 15) is 9.59 Å². The summed E-state index contributed by atoms with van der Waals surface area (Å²) in [6.07, 6.45) is 1.61. The van der Waals surface area contributed by atoms with E-state index in [-0.39, 0.29) is 17.7 Å². The Labute approximate surface area is 149 Å². The van der Waals surface area contributed by atoms with Crippen molar-refractivity contribution in [2.24, 2.45) is 0 Å². The molecule has 8 nitrogen and oxygen atoms in total. The number of aromatic nitrogens is 4. The molecule has 1 aromatic carbocycles. The van der Waals surface area contributed by atoms with Gasteiger partial charge in [-0.3, -0.25) is 14.3 Å². The monoisotopic (exact) mass is 352 g/mol. The van der Waals surface area contributed by atoms with Gasteiger partial charge in [-0.15, -0.1) is 0 Å². The van der Waals surface area contributed by atoms with Crippen LogP contribution in [-0.2, 0) is 6.54 Å². The molecule has 8 heteroatoms. The van der Waals surface area contributed by atoms with Crippen molar-refractivity contribution in [3.05, 3.63) is 38.5 Å². The summed E-state index contributed by atoms with van der Waals surface area (Å²) in [4.78, 5) is 38.4. The lowest BCUT2D eigenvalue weighted by Gasteiger charge is -2.16. The zero-order valence-corrected chi connectivity index (χ0v) is 15.0. The zero-order valence-electron chi connectivity index (χ0n) is 15.0. The smallest absolute Gasteiger partial charge is 0.330 e. The van der Waals surface area contributed by atoms with Crippen LogP contribution in [0.4, 0.5) is 5.69 Å². The highest BCUT2D eigenvalue weighted by atomic mass is 16.2. The summed E-state index contributed by atoms with van der Waals surface area (Å²) < 4.78 is 1.13. The second-order valence-electron chi connectivity index (χ2n) is 6.44. The molecule has 26 heavy (non-hydrogen) atoms. The number of hydrogen-bond acceptors (Lipinski definition) is 6. The fraction of sp³-hybridized carbons (Fsp3) is 0.389. The quantitative estimate of drug-likeness (QED) is 0.553. The molecule has 0 saturated heterocycles. The second-order valence-corrected chi connectivity index (χ2v) is 6.44. The Kier molecular flexibility index (Phi) is 4.71. The first-order chi connectivity index (χ1) is 12.4. The number of hydrogen-bond donors (Lipinski definition) is 1. The van der Waals surface area contributed by atoms with Crippen LogP contribution < -0.4 is 16.1 Å². The lowest BCUT2D eigenvalue weighted by atomic mass is 10.1. The lowest BCUT2D eigenvalue weighted by Crippen LogP contribution is -2.35. The molecule has 2 aromatic heterocycles. The first-order valence-corrected chi connectivity index (χ1v) is 8.42. The molecule has 3 rings (SSSR count). The Bertz CT molecular complexity index is 1140. The van der Waals surface area contributed by atoms with E-state index >= 15 is 0 Å². The van der Waals surface area contributed by atoms with Crippen molar-refractivity contribution >= 4 is 27.9 Å². The Balaban J connectivity index is 2.15. The van der Waals surface area contributed by atoms with Gasteiger partial charge in [-0.05, 0) is 37.5 Å². The minimum Gasteiger partial charge on any atom is -0.377 e. The van der Waals surface area contributed by atoms with Crippen LogP contribution in [0.25, 0.3) is 22.2 Å². The summed E-state index contributed by atoms with van der Waals surface area (Å²) in [5.41, 5.74) is 2.63. The molecule has 0 aliphatic carbocycles. The van der Waals surface area contributed by atoms with Crippen LogP contribution in [0.2, 0.25) is 0 Å². The number of benzene rings is 1. The van der Waals surface area contributed by atoms with Gasteiger partial charge in [0.2, 0.25) is 0 Å². The Morgan fingerprint density at radius 3 is 2.62 bits per heavy atom. The molecule has 0 saturated carbocycles. The number of nitriles is 1. The number of anilines is 1. The van der Waals surface area contributed by atoms with Gasteiger partial charge in [-0.25, -0.2) is 14.8 Å². The molecule has 2 heterocycles. The molecule has 0 fully saturated rings. The fourth-order valence-corrected chi connectivity index (χ4v) is 2.98. The number of nitrogens with zero attached hydrogens (tertiary/aromatic N) is 5. The summed E-state index contributed by atoms with van der Waals surface area (Å²) in [6.45, 7) is 2.23. The van der Waals surface area contributed by atoms with Crippen LogP contribution in [0.5, 0.6) is 0 Å². The third kappa shape index (κ3) is 3.16. The molecule has 0 atom stereocenters. The summed E-state index contributed by atoms with van der Waals surface area (Å²) in [5, 5.41) is 8.58. The van der Waals surface area contributed by atoms with E-state index in [1.54, 1.807) is 0 Å². The van der Waals surface area contributed by atoms with E-state index in [2.05, 4.69) is 21.0 Å². The van der Waals surface area contributed by atoms with Gasteiger partial charge >= 0.3 is 5.69 Å². The number of nitrogens with one attached hydrogen (secondary N) is 1. The largest absolute Gasteiger partial charge is 0.377 e. The van der Waals surface area contributed by atoms with Crippen molar-refractivity contribution in [1.29, 1.82) is 5.26 Å². The van der Waals surface area contributed by atoms with Crippen LogP contribution in [0.1, 0.15) is 24.8 Å². The van der Waals surface area contributed by atoms with Gasteiger partial charge in [0, 0.05) is 32.7 Å². The van der Waals surface area contributed by atoms with Crippen LogP contribution >= 0.6 is 0 Å². The van der Waals surface area contributed by atoms with Crippen molar-refractivity contribution in [2.45, 2.75) is 32.7 Å². The average molecular weight is 352 g/mol. The second kappa shape index (κ2) is 6.96. The highest BCUT2D eigenvalue weighted by Gasteiger charge is 2.13. The Hall–Kier alpha value is -3.21. The molecule has 3 aromatic rings. The van der Waals surface area contributed by atoms with Crippen molar-refractivity contribution in [1.82, 2.24) is 19.5 Å². The number of aromatic amines is 1. The van der Waals surface area contributed by atoms with E-state index in [1.807, 2.05) is 38.1 Å².